The smallest absolute Gasteiger partial charge is 0.251 e. The summed E-state index contributed by atoms with van der Waals surface area (Å²) in [5, 5.41) is 4.76. The van der Waals surface area contributed by atoms with Gasteiger partial charge in [-0.25, -0.2) is 4.98 Å². The lowest BCUT2D eigenvalue weighted by molar-refractivity contribution is -0.113. The van der Waals surface area contributed by atoms with Crippen LogP contribution in [0.15, 0.2) is 41.8 Å². The van der Waals surface area contributed by atoms with Crippen LogP contribution >= 0.6 is 34.7 Å². The van der Waals surface area contributed by atoms with Crippen molar-refractivity contribution >= 4 is 51.5 Å². The Hall–Kier alpha value is -2.29. The SMILES string of the molecule is NC(=O)c1c(NC(=O)CSc2nccn2-c2cccc(Cl)c2)sc2c1CCCC2. The van der Waals surface area contributed by atoms with Gasteiger partial charge in [0.15, 0.2) is 5.16 Å². The van der Waals surface area contributed by atoms with Gasteiger partial charge in [-0.2, -0.15) is 0 Å². The number of nitrogens with one attached hydrogen (secondary N) is 1. The number of primary amides is 1. The number of aromatic nitrogens is 2. The molecule has 0 saturated carbocycles. The molecule has 3 aromatic rings. The molecule has 9 heteroatoms. The van der Waals surface area contributed by atoms with E-state index in [-0.39, 0.29) is 11.7 Å². The standard InChI is InChI=1S/C20H19ClN4O2S2/c21-12-4-3-5-13(10-12)25-9-8-23-20(25)28-11-16(26)24-19-17(18(22)27)14-6-1-2-7-15(14)29-19/h3-5,8-10H,1-2,6-7,11H2,(H2,22,27)(H,24,26). The first-order chi connectivity index (χ1) is 14.0. The number of aryl methyl sites for hydroxylation is 1. The maximum absolute atomic E-state index is 12.6. The minimum absolute atomic E-state index is 0.165. The number of hydrogen-bond acceptors (Lipinski definition) is 5. The predicted molar refractivity (Wildman–Crippen MR) is 117 cm³/mol. The number of halogens is 1. The first-order valence-corrected chi connectivity index (χ1v) is 11.4. The molecular weight excluding hydrogens is 428 g/mol. The molecular formula is C20H19ClN4O2S2. The molecule has 0 bridgehead atoms. The second kappa shape index (κ2) is 8.61. The van der Waals surface area contributed by atoms with Crippen LogP contribution in [-0.4, -0.2) is 27.1 Å². The van der Waals surface area contributed by atoms with E-state index in [1.807, 2.05) is 29.0 Å². The number of thiophene rings is 1. The molecule has 2 amide bonds. The molecule has 150 valence electrons. The van der Waals surface area contributed by atoms with Gasteiger partial charge in [0.2, 0.25) is 5.91 Å². The maximum Gasteiger partial charge on any atom is 0.251 e. The van der Waals surface area contributed by atoms with Crippen LogP contribution in [-0.2, 0) is 17.6 Å². The number of benzene rings is 1. The minimum atomic E-state index is -0.483. The fourth-order valence-corrected chi connectivity index (χ4v) is 5.69. The third-order valence-electron chi connectivity index (χ3n) is 4.70. The van der Waals surface area contributed by atoms with E-state index >= 15 is 0 Å². The summed E-state index contributed by atoms with van der Waals surface area (Å²) in [4.78, 5) is 30.0. The largest absolute Gasteiger partial charge is 0.365 e. The van der Waals surface area contributed by atoms with Crippen molar-refractivity contribution in [2.45, 2.75) is 30.8 Å². The summed E-state index contributed by atoms with van der Waals surface area (Å²) in [6, 6.07) is 7.43. The summed E-state index contributed by atoms with van der Waals surface area (Å²) >= 11 is 8.86. The van der Waals surface area contributed by atoms with E-state index in [4.69, 9.17) is 17.3 Å². The van der Waals surface area contributed by atoms with Crippen LogP contribution < -0.4 is 11.1 Å². The van der Waals surface area contributed by atoms with Gasteiger partial charge in [-0.15, -0.1) is 11.3 Å². The van der Waals surface area contributed by atoms with Crippen molar-refractivity contribution in [3.05, 3.63) is 57.7 Å². The van der Waals surface area contributed by atoms with Crippen molar-refractivity contribution in [2.24, 2.45) is 5.73 Å². The topological polar surface area (TPSA) is 90.0 Å². The van der Waals surface area contributed by atoms with Crippen molar-refractivity contribution in [1.29, 1.82) is 0 Å². The van der Waals surface area contributed by atoms with E-state index in [9.17, 15) is 9.59 Å². The molecule has 0 saturated heterocycles. The van der Waals surface area contributed by atoms with Crippen LogP contribution in [0, 0.1) is 0 Å². The Morgan fingerprint density at radius 3 is 2.93 bits per heavy atom. The van der Waals surface area contributed by atoms with E-state index < -0.39 is 5.91 Å². The van der Waals surface area contributed by atoms with Gasteiger partial charge in [0.05, 0.1) is 11.3 Å². The number of nitrogens with zero attached hydrogens (tertiary/aromatic N) is 2. The second-order valence-electron chi connectivity index (χ2n) is 6.68. The lowest BCUT2D eigenvalue weighted by Gasteiger charge is -2.11. The van der Waals surface area contributed by atoms with Crippen LogP contribution in [0.25, 0.3) is 5.69 Å². The van der Waals surface area contributed by atoms with Crippen LogP contribution in [0.1, 0.15) is 33.6 Å². The Morgan fingerprint density at radius 1 is 1.31 bits per heavy atom. The van der Waals surface area contributed by atoms with E-state index in [1.54, 1.807) is 12.3 Å². The number of rotatable bonds is 6. The summed E-state index contributed by atoms with van der Waals surface area (Å²) < 4.78 is 1.88. The summed E-state index contributed by atoms with van der Waals surface area (Å²) in [6.07, 6.45) is 7.42. The molecule has 1 aliphatic carbocycles. The molecule has 0 aliphatic heterocycles. The molecule has 1 aliphatic rings. The van der Waals surface area contributed by atoms with Crippen molar-refractivity contribution < 1.29 is 9.59 Å². The highest BCUT2D eigenvalue weighted by Crippen LogP contribution is 2.38. The first-order valence-electron chi connectivity index (χ1n) is 9.19. The third-order valence-corrected chi connectivity index (χ3v) is 7.11. The Kier molecular flexibility index (Phi) is 5.94. The zero-order chi connectivity index (χ0) is 20.4. The monoisotopic (exact) mass is 446 g/mol. The zero-order valence-corrected chi connectivity index (χ0v) is 17.9. The lowest BCUT2D eigenvalue weighted by atomic mass is 9.95. The molecule has 2 aromatic heterocycles. The highest BCUT2D eigenvalue weighted by Gasteiger charge is 2.25. The number of carbonyl (C=O) groups is 2. The second-order valence-corrected chi connectivity index (χ2v) is 9.16. The predicted octanol–water partition coefficient (Wildman–Crippen LogP) is 4.30. The summed E-state index contributed by atoms with van der Waals surface area (Å²) in [7, 11) is 0. The number of carbonyl (C=O) groups excluding carboxylic acids is 2. The Morgan fingerprint density at radius 2 is 2.14 bits per heavy atom. The molecule has 29 heavy (non-hydrogen) atoms. The quantitative estimate of drug-likeness (QED) is 0.552. The van der Waals surface area contributed by atoms with Gasteiger partial charge < -0.3 is 11.1 Å². The van der Waals surface area contributed by atoms with E-state index in [1.165, 1.54) is 23.1 Å². The molecule has 0 fully saturated rings. The molecule has 4 rings (SSSR count). The van der Waals surface area contributed by atoms with Crippen LogP contribution in [0.3, 0.4) is 0 Å². The molecule has 1 aromatic carbocycles. The fourth-order valence-electron chi connectivity index (χ4n) is 3.43. The van der Waals surface area contributed by atoms with Gasteiger partial charge in [-0.1, -0.05) is 29.4 Å². The highest BCUT2D eigenvalue weighted by molar-refractivity contribution is 7.99. The average Bonchev–Trinajstić information content (AvgIpc) is 3.30. The molecule has 3 N–H and O–H groups in total. The van der Waals surface area contributed by atoms with Crippen molar-refractivity contribution in [1.82, 2.24) is 9.55 Å². The van der Waals surface area contributed by atoms with E-state index in [0.717, 1.165) is 41.8 Å². The number of thioether (sulfide) groups is 1. The summed E-state index contributed by atoms with van der Waals surface area (Å²) in [6.45, 7) is 0. The Labute approximate surface area is 181 Å². The van der Waals surface area contributed by atoms with Gasteiger partial charge in [-0.3, -0.25) is 14.2 Å². The molecule has 2 heterocycles. The number of imidazole rings is 1. The van der Waals surface area contributed by atoms with Gasteiger partial charge in [0, 0.05) is 28.0 Å². The van der Waals surface area contributed by atoms with Crippen molar-refractivity contribution in [3.63, 3.8) is 0 Å². The Balaban J connectivity index is 1.47. The van der Waals surface area contributed by atoms with Crippen LogP contribution in [0.4, 0.5) is 5.00 Å². The summed E-state index contributed by atoms with van der Waals surface area (Å²) in [5.74, 6) is -0.515. The average molecular weight is 447 g/mol. The maximum atomic E-state index is 12.6. The lowest BCUT2D eigenvalue weighted by Crippen LogP contribution is -2.19. The molecule has 0 radical (unpaired) electrons. The van der Waals surface area contributed by atoms with E-state index in [0.29, 0.717) is 20.7 Å². The van der Waals surface area contributed by atoms with Crippen molar-refractivity contribution in [2.75, 3.05) is 11.1 Å². The molecule has 6 nitrogen and oxygen atoms in total. The molecule has 0 unspecified atom stereocenters. The van der Waals surface area contributed by atoms with E-state index in [2.05, 4.69) is 10.3 Å². The van der Waals surface area contributed by atoms with Gasteiger partial charge >= 0.3 is 0 Å². The summed E-state index contributed by atoms with van der Waals surface area (Å²) in [5.41, 5.74) is 7.95. The number of amides is 2. The fraction of sp³-hybridized carbons (Fsp3) is 0.250. The zero-order valence-electron chi connectivity index (χ0n) is 15.5. The number of fused-ring (bicyclic) bond motifs is 1. The molecule has 0 spiro atoms. The minimum Gasteiger partial charge on any atom is -0.365 e. The highest BCUT2D eigenvalue weighted by atomic mass is 35.5. The number of hydrogen-bond donors (Lipinski definition) is 2. The van der Waals surface area contributed by atoms with Gasteiger partial charge in [-0.05, 0) is 49.4 Å². The van der Waals surface area contributed by atoms with Crippen molar-refractivity contribution in [3.8, 4) is 5.69 Å². The number of nitrogens with two attached hydrogens (primary N) is 1. The van der Waals surface area contributed by atoms with Gasteiger partial charge in [0.1, 0.15) is 5.00 Å². The Bertz CT molecular complexity index is 1080. The number of anilines is 1. The van der Waals surface area contributed by atoms with Crippen LogP contribution in [0.2, 0.25) is 5.02 Å². The first kappa shape index (κ1) is 20.0. The normalized spacial score (nSPS) is 13.1. The molecule has 0 atom stereocenters. The van der Waals surface area contributed by atoms with Gasteiger partial charge in [0.25, 0.3) is 5.91 Å². The van der Waals surface area contributed by atoms with Crippen LogP contribution in [0.5, 0.6) is 0 Å². The third kappa shape index (κ3) is 4.34.